The molecule has 7 heavy (non-hydrogen) atoms. The first-order valence-electron chi connectivity index (χ1n) is 1.96. The van der Waals surface area contributed by atoms with Crippen LogP contribution in [0.4, 0.5) is 0 Å². The number of hydrogen-bond acceptors (Lipinski definition) is 1. The Morgan fingerprint density at radius 1 is 1.29 bits per heavy atom. The van der Waals surface area contributed by atoms with E-state index in [4.69, 9.17) is 4.79 Å². The Morgan fingerprint density at radius 3 is 1.43 bits per heavy atom. The Morgan fingerprint density at radius 2 is 1.43 bits per heavy atom. The summed E-state index contributed by atoms with van der Waals surface area (Å²) in [5.41, 5.74) is 0. The quantitative estimate of drug-likeness (QED) is 0.359. The second-order valence-corrected chi connectivity index (χ2v) is 0.707. The highest BCUT2D eigenvalue weighted by molar-refractivity contribution is 5.44. The lowest BCUT2D eigenvalue weighted by atomic mass is 10.6. The van der Waals surface area contributed by atoms with Crippen molar-refractivity contribution < 1.29 is 4.79 Å². The standard InChI is InChI=1S/C4H6.C2H4O/c1-3-4-2;1-2-3/h3-4H,1-2H2;2H,1H3. The van der Waals surface area contributed by atoms with Crippen LogP contribution in [-0.4, -0.2) is 6.29 Å². The molecule has 0 aliphatic rings. The molecule has 0 aromatic heterocycles. The van der Waals surface area contributed by atoms with Crippen LogP contribution in [0.1, 0.15) is 6.92 Å². The highest BCUT2D eigenvalue weighted by Gasteiger charge is 1.29. The maximum absolute atomic E-state index is 8.81. The van der Waals surface area contributed by atoms with Crippen LogP contribution in [0.5, 0.6) is 0 Å². The third-order valence-electron chi connectivity index (χ3n) is 0.167. The lowest BCUT2D eigenvalue weighted by Crippen LogP contribution is -1.36. The Balaban J connectivity index is 0. The van der Waals surface area contributed by atoms with Crippen LogP contribution in [0.3, 0.4) is 0 Å². The van der Waals surface area contributed by atoms with E-state index in [-0.39, 0.29) is 0 Å². The molecule has 0 unspecified atom stereocenters. The normalized spacial score (nSPS) is 4.71. The first kappa shape index (κ1) is 9.47. The second kappa shape index (κ2) is 19.2. The van der Waals surface area contributed by atoms with Gasteiger partial charge in [0.2, 0.25) is 0 Å². The zero-order valence-electron chi connectivity index (χ0n) is 4.55. The number of hydrogen-bond donors (Lipinski definition) is 0. The summed E-state index contributed by atoms with van der Waals surface area (Å²) in [7, 11) is 0. The number of aldehydes is 1. The van der Waals surface area contributed by atoms with Crippen molar-refractivity contribution in [2.45, 2.75) is 6.92 Å². The molecule has 0 spiro atoms. The average Bonchev–Trinajstić information content (AvgIpc) is 1.69. The van der Waals surface area contributed by atoms with Gasteiger partial charge in [0.15, 0.2) is 0 Å². The van der Waals surface area contributed by atoms with E-state index in [0.717, 1.165) is 6.29 Å². The highest BCUT2D eigenvalue weighted by Crippen LogP contribution is 1.52. The van der Waals surface area contributed by atoms with E-state index in [1.807, 2.05) is 0 Å². The van der Waals surface area contributed by atoms with Crippen molar-refractivity contribution in [1.82, 2.24) is 0 Å². The van der Waals surface area contributed by atoms with E-state index in [0.29, 0.717) is 0 Å². The van der Waals surface area contributed by atoms with Crippen LogP contribution in [-0.2, 0) is 4.79 Å². The Kier molecular flexibility index (Phi) is 26.0. The van der Waals surface area contributed by atoms with Crippen molar-refractivity contribution in [2.75, 3.05) is 0 Å². The molecule has 0 saturated carbocycles. The van der Waals surface area contributed by atoms with Crippen molar-refractivity contribution in [2.24, 2.45) is 0 Å². The van der Waals surface area contributed by atoms with Crippen LogP contribution in [0.15, 0.2) is 25.3 Å². The number of carbonyl (C=O) groups excluding carboxylic acids is 1. The molecule has 0 aromatic rings. The van der Waals surface area contributed by atoms with E-state index in [2.05, 4.69) is 13.2 Å². The summed E-state index contributed by atoms with van der Waals surface area (Å²) >= 11 is 0. The molecule has 40 valence electrons. The predicted molar refractivity (Wildman–Crippen MR) is 32.1 cm³/mol. The molecule has 0 rings (SSSR count). The van der Waals surface area contributed by atoms with E-state index in [1.54, 1.807) is 12.2 Å². The molecule has 0 aliphatic heterocycles. The molecule has 0 heterocycles. The van der Waals surface area contributed by atoms with Gasteiger partial charge in [0.25, 0.3) is 0 Å². The summed E-state index contributed by atoms with van der Waals surface area (Å²) < 4.78 is 0. The average molecular weight is 98.1 g/mol. The van der Waals surface area contributed by atoms with Crippen molar-refractivity contribution in [3.8, 4) is 0 Å². The van der Waals surface area contributed by atoms with Crippen LogP contribution in [0.25, 0.3) is 0 Å². The maximum Gasteiger partial charge on any atom is 0.116 e. The molecule has 1 nitrogen and oxygen atoms in total. The van der Waals surface area contributed by atoms with Crippen molar-refractivity contribution in [3.05, 3.63) is 25.3 Å². The fourth-order valence-corrected chi connectivity index (χ4v) is 0. The molecule has 0 aliphatic carbocycles. The summed E-state index contributed by atoms with van der Waals surface area (Å²) in [6, 6.07) is 0. The molecule has 0 bridgehead atoms. The van der Waals surface area contributed by atoms with E-state index in [9.17, 15) is 0 Å². The van der Waals surface area contributed by atoms with E-state index >= 15 is 0 Å². The van der Waals surface area contributed by atoms with Crippen molar-refractivity contribution >= 4 is 6.29 Å². The molecule has 0 aromatic carbocycles. The summed E-state index contributed by atoms with van der Waals surface area (Å²) in [4.78, 5) is 8.81. The first-order chi connectivity index (χ1) is 3.33. The maximum atomic E-state index is 8.81. The summed E-state index contributed by atoms with van der Waals surface area (Å²) in [6.07, 6.45) is 4.03. The van der Waals surface area contributed by atoms with Gasteiger partial charge in [-0.2, -0.15) is 0 Å². The minimum absolute atomic E-state index is 0.750. The molecule has 0 amide bonds. The van der Waals surface area contributed by atoms with E-state index < -0.39 is 0 Å². The van der Waals surface area contributed by atoms with Gasteiger partial charge < -0.3 is 4.79 Å². The molecule has 1 heteroatoms. The van der Waals surface area contributed by atoms with Gasteiger partial charge in [-0.25, -0.2) is 0 Å². The minimum atomic E-state index is 0.750. The SMILES string of the molecule is C=CC=C.CC=O. The first-order valence-corrected chi connectivity index (χ1v) is 1.96. The third-order valence-corrected chi connectivity index (χ3v) is 0.167. The molecule has 0 fully saturated rings. The van der Waals surface area contributed by atoms with Gasteiger partial charge >= 0.3 is 0 Å². The summed E-state index contributed by atoms with van der Waals surface area (Å²) in [5.74, 6) is 0. The third kappa shape index (κ3) is 2270. The molecule has 0 N–H and O–H groups in total. The molecule has 0 radical (unpaired) electrons. The van der Waals surface area contributed by atoms with Gasteiger partial charge in [0.05, 0.1) is 0 Å². The number of rotatable bonds is 1. The zero-order chi connectivity index (χ0) is 6.12. The largest absolute Gasteiger partial charge is 0.304 e. The number of allylic oxidation sites excluding steroid dienone is 2. The van der Waals surface area contributed by atoms with Crippen molar-refractivity contribution in [3.63, 3.8) is 0 Å². The van der Waals surface area contributed by atoms with Gasteiger partial charge in [0.1, 0.15) is 6.29 Å². The zero-order valence-corrected chi connectivity index (χ0v) is 4.55. The smallest absolute Gasteiger partial charge is 0.116 e. The molecule has 0 atom stereocenters. The Hall–Kier alpha value is -0.850. The molecule has 0 saturated heterocycles. The monoisotopic (exact) mass is 98.1 g/mol. The van der Waals surface area contributed by atoms with Gasteiger partial charge in [-0.15, -0.1) is 0 Å². The van der Waals surface area contributed by atoms with Crippen molar-refractivity contribution in [1.29, 1.82) is 0 Å². The van der Waals surface area contributed by atoms with Crippen LogP contribution >= 0.6 is 0 Å². The second-order valence-electron chi connectivity index (χ2n) is 0.707. The molecular formula is C6H10O. The van der Waals surface area contributed by atoms with Gasteiger partial charge in [0, 0.05) is 0 Å². The topological polar surface area (TPSA) is 17.1 Å². The number of carbonyl (C=O) groups is 1. The molecular weight excluding hydrogens is 88.1 g/mol. The lowest BCUT2D eigenvalue weighted by molar-refractivity contribution is -0.106. The Labute approximate surface area is 44.4 Å². The lowest BCUT2D eigenvalue weighted by Gasteiger charge is -1.44. The summed E-state index contributed by atoms with van der Waals surface area (Å²) in [5, 5.41) is 0. The van der Waals surface area contributed by atoms with Crippen LogP contribution in [0, 0.1) is 0 Å². The fourth-order valence-electron chi connectivity index (χ4n) is 0. The predicted octanol–water partition coefficient (Wildman–Crippen LogP) is 1.56. The summed E-state index contributed by atoms with van der Waals surface area (Å²) in [6.45, 7) is 8.17. The Bertz CT molecular complexity index is 49.2. The minimum Gasteiger partial charge on any atom is -0.304 e. The van der Waals surface area contributed by atoms with Gasteiger partial charge in [-0.1, -0.05) is 25.3 Å². The fraction of sp³-hybridized carbons (Fsp3) is 0.167. The van der Waals surface area contributed by atoms with Crippen LogP contribution in [0.2, 0.25) is 0 Å². The van der Waals surface area contributed by atoms with E-state index in [1.165, 1.54) is 6.92 Å². The van der Waals surface area contributed by atoms with Crippen LogP contribution < -0.4 is 0 Å². The van der Waals surface area contributed by atoms with Gasteiger partial charge in [-0.05, 0) is 6.92 Å². The van der Waals surface area contributed by atoms with Gasteiger partial charge in [-0.3, -0.25) is 0 Å². The highest BCUT2D eigenvalue weighted by atomic mass is 16.1.